The zero-order valence-electron chi connectivity index (χ0n) is 15.3. The van der Waals surface area contributed by atoms with Gasteiger partial charge in [0.15, 0.2) is 5.82 Å². The quantitative estimate of drug-likeness (QED) is 0.698. The summed E-state index contributed by atoms with van der Waals surface area (Å²) in [5.41, 5.74) is 1.90. The summed E-state index contributed by atoms with van der Waals surface area (Å²) in [5, 5.41) is 13.2. The number of aromatic amines is 1. The number of ether oxygens (including phenoxy) is 1. The molecule has 0 bridgehead atoms. The standard InChI is InChI=1S/C19H23ClN4O3/c1-11(2)18(25)22-17-9-16(23-24-17)13-7-15(8-13)27-19(26)21-10-12-3-5-14(20)6-4-12/h3-6,9,11,13,15H,7-8,10H2,1-2H3,(H,21,26)(H2,22,23,24,25). The number of amides is 2. The lowest BCUT2D eigenvalue weighted by atomic mass is 9.80. The molecule has 3 N–H and O–H groups in total. The van der Waals surface area contributed by atoms with Gasteiger partial charge in [0.1, 0.15) is 6.10 Å². The van der Waals surface area contributed by atoms with Crippen LogP contribution in [0.25, 0.3) is 0 Å². The molecule has 1 aromatic carbocycles. The first-order valence-corrected chi connectivity index (χ1v) is 9.33. The van der Waals surface area contributed by atoms with Crippen LogP contribution in [0.1, 0.15) is 43.9 Å². The number of nitrogens with zero attached hydrogens (tertiary/aromatic N) is 1. The molecule has 1 aliphatic carbocycles. The van der Waals surface area contributed by atoms with Crippen LogP contribution in [0.15, 0.2) is 30.3 Å². The van der Waals surface area contributed by atoms with E-state index in [0.717, 1.165) is 24.1 Å². The van der Waals surface area contributed by atoms with Crippen LogP contribution < -0.4 is 10.6 Å². The molecule has 144 valence electrons. The average molecular weight is 391 g/mol. The third-order valence-electron chi connectivity index (χ3n) is 4.53. The van der Waals surface area contributed by atoms with E-state index in [1.165, 1.54) is 0 Å². The van der Waals surface area contributed by atoms with Crippen LogP contribution in [0, 0.1) is 5.92 Å². The van der Waals surface area contributed by atoms with Crippen LogP contribution in [0.2, 0.25) is 5.02 Å². The van der Waals surface area contributed by atoms with Crippen molar-refractivity contribution >= 4 is 29.4 Å². The van der Waals surface area contributed by atoms with E-state index in [0.29, 0.717) is 17.4 Å². The molecule has 7 nitrogen and oxygen atoms in total. The summed E-state index contributed by atoms with van der Waals surface area (Å²) in [6, 6.07) is 9.11. The molecule has 1 aliphatic rings. The summed E-state index contributed by atoms with van der Waals surface area (Å²) in [4.78, 5) is 23.6. The van der Waals surface area contributed by atoms with Crippen LogP contribution in [0.5, 0.6) is 0 Å². The van der Waals surface area contributed by atoms with E-state index in [-0.39, 0.29) is 23.8 Å². The molecule has 0 saturated heterocycles. The number of hydrogen-bond donors (Lipinski definition) is 3. The molecule has 1 saturated carbocycles. The van der Waals surface area contributed by atoms with Crippen molar-refractivity contribution in [1.82, 2.24) is 15.5 Å². The highest BCUT2D eigenvalue weighted by atomic mass is 35.5. The Labute approximate surface area is 162 Å². The van der Waals surface area contributed by atoms with Crippen molar-refractivity contribution in [3.05, 3.63) is 46.6 Å². The van der Waals surface area contributed by atoms with Gasteiger partial charge in [0, 0.05) is 35.2 Å². The number of halogens is 1. The SMILES string of the molecule is CC(C)C(=O)Nc1cc(C2CC(OC(=O)NCc3ccc(Cl)cc3)C2)[nH]n1. The van der Waals surface area contributed by atoms with Crippen molar-refractivity contribution < 1.29 is 14.3 Å². The van der Waals surface area contributed by atoms with Crippen molar-refractivity contribution in [2.75, 3.05) is 5.32 Å². The Morgan fingerprint density at radius 1 is 1.30 bits per heavy atom. The van der Waals surface area contributed by atoms with Gasteiger partial charge in [-0.2, -0.15) is 5.10 Å². The molecule has 0 aliphatic heterocycles. The second kappa shape index (κ2) is 8.43. The Balaban J connectivity index is 1.39. The maximum atomic E-state index is 11.9. The lowest BCUT2D eigenvalue weighted by Gasteiger charge is -2.33. The highest BCUT2D eigenvalue weighted by molar-refractivity contribution is 6.30. The number of anilines is 1. The van der Waals surface area contributed by atoms with Gasteiger partial charge < -0.3 is 15.4 Å². The number of benzene rings is 1. The molecule has 0 unspecified atom stereocenters. The molecule has 1 aromatic heterocycles. The molecular weight excluding hydrogens is 368 g/mol. The van der Waals surface area contributed by atoms with Gasteiger partial charge in [0.05, 0.1) is 0 Å². The number of carbonyl (C=O) groups is 2. The van der Waals surface area contributed by atoms with Gasteiger partial charge in [0.25, 0.3) is 0 Å². The van der Waals surface area contributed by atoms with E-state index in [4.69, 9.17) is 16.3 Å². The minimum Gasteiger partial charge on any atom is -0.446 e. The monoisotopic (exact) mass is 390 g/mol. The first-order chi connectivity index (χ1) is 12.9. The number of nitrogens with one attached hydrogen (secondary N) is 3. The highest BCUT2D eigenvalue weighted by Crippen LogP contribution is 2.38. The minimum absolute atomic E-state index is 0.0692. The third kappa shape index (κ3) is 5.23. The van der Waals surface area contributed by atoms with E-state index >= 15 is 0 Å². The molecule has 8 heteroatoms. The number of aromatic nitrogens is 2. The largest absolute Gasteiger partial charge is 0.446 e. The summed E-state index contributed by atoms with van der Waals surface area (Å²) in [7, 11) is 0. The maximum Gasteiger partial charge on any atom is 0.407 e. The lowest BCUT2D eigenvalue weighted by molar-refractivity contribution is -0.118. The summed E-state index contributed by atoms with van der Waals surface area (Å²) in [5.74, 6) is 0.600. The molecule has 3 rings (SSSR count). The molecule has 0 atom stereocenters. The predicted molar refractivity (Wildman–Crippen MR) is 103 cm³/mol. The molecule has 27 heavy (non-hydrogen) atoms. The molecule has 1 fully saturated rings. The Kier molecular flexibility index (Phi) is 6.01. The molecule has 0 radical (unpaired) electrons. The molecule has 0 spiro atoms. The third-order valence-corrected chi connectivity index (χ3v) is 4.78. The fourth-order valence-corrected chi connectivity index (χ4v) is 2.89. The second-order valence-electron chi connectivity index (χ2n) is 7.03. The van der Waals surface area contributed by atoms with Gasteiger partial charge in [0.2, 0.25) is 5.91 Å². The van der Waals surface area contributed by atoms with Gasteiger partial charge in [-0.05, 0) is 30.5 Å². The smallest absolute Gasteiger partial charge is 0.407 e. The van der Waals surface area contributed by atoms with Crippen molar-refractivity contribution in [3.63, 3.8) is 0 Å². The average Bonchev–Trinajstić information content (AvgIpc) is 3.05. The number of alkyl carbamates (subject to hydrolysis) is 1. The minimum atomic E-state index is -0.428. The molecule has 2 amide bonds. The number of rotatable bonds is 6. The summed E-state index contributed by atoms with van der Waals surface area (Å²) >= 11 is 5.83. The predicted octanol–water partition coefficient (Wildman–Crippen LogP) is 3.83. The topological polar surface area (TPSA) is 96.1 Å². The lowest BCUT2D eigenvalue weighted by Crippen LogP contribution is -2.36. The Morgan fingerprint density at radius 2 is 2.00 bits per heavy atom. The summed E-state index contributed by atoms with van der Waals surface area (Å²) in [6.07, 6.45) is 0.919. The van der Waals surface area contributed by atoms with Crippen LogP contribution in [-0.4, -0.2) is 28.3 Å². The first-order valence-electron chi connectivity index (χ1n) is 8.96. The second-order valence-corrected chi connectivity index (χ2v) is 7.46. The number of H-pyrrole nitrogens is 1. The van der Waals surface area contributed by atoms with Gasteiger partial charge in [-0.15, -0.1) is 0 Å². The van der Waals surface area contributed by atoms with Gasteiger partial charge in [-0.1, -0.05) is 37.6 Å². The Morgan fingerprint density at radius 3 is 2.67 bits per heavy atom. The zero-order valence-corrected chi connectivity index (χ0v) is 16.0. The number of hydrogen-bond acceptors (Lipinski definition) is 4. The van der Waals surface area contributed by atoms with E-state index in [1.54, 1.807) is 12.1 Å². The Hall–Kier alpha value is -2.54. The fourth-order valence-electron chi connectivity index (χ4n) is 2.77. The van der Waals surface area contributed by atoms with Crippen LogP contribution >= 0.6 is 11.6 Å². The normalized spacial score (nSPS) is 18.7. The van der Waals surface area contributed by atoms with E-state index in [1.807, 2.05) is 32.0 Å². The Bertz CT molecular complexity index is 798. The van der Waals surface area contributed by atoms with E-state index < -0.39 is 6.09 Å². The molecule has 1 heterocycles. The zero-order chi connectivity index (χ0) is 19.4. The van der Waals surface area contributed by atoms with E-state index in [2.05, 4.69) is 20.8 Å². The van der Waals surface area contributed by atoms with Gasteiger partial charge in [-0.3, -0.25) is 9.89 Å². The van der Waals surface area contributed by atoms with Crippen LogP contribution in [0.4, 0.5) is 10.6 Å². The van der Waals surface area contributed by atoms with Gasteiger partial charge >= 0.3 is 6.09 Å². The van der Waals surface area contributed by atoms with Gasteiger partial charge in [-0.25, -0.2) is 4.79 Å². The first kappa shape index (κ1) is 19.2. The maximum absolute atomic E-state index is 11.9. The van der Waals surface area contributed by atoms with E-state index in [9.17, 15) is 9.59 Å². The van der Waals surface area contributed by atoms with Crippen LogP contribution in [-0.2, 0) is 16.1 Å². The highest BCUT2D eigenvalue weighted by Gasteiger charge is 2.34. The van der Waals surface area contributed by atoms with Crippen molar-refractivity contribution in [2.45, 2.75) is 45.3 Å². The van der Waals surface area contributed by atoms with Crippen molar-refractivity contribution in [2.24, 2.45) is 5.92 Å². The summed E-state index contributed by atoms with van der Waals surface area (Å²) < 4.78 is 5.41. The number of carbonyl (C=O) groups excluding carboxylic acids is 2. The molecule has 2 aromatic rings. The summed E-state index contributed by atoms with van der Waals surface area (Å²) in [6.45, 7) is 4.05. The molecular formula is C19H23ClN4O3. The fraction of sp³-hybridized carbons (Fsp3) is 0.421. The van der Waals surface area contributed by atoms with Crippen molar-refractivity contribution in [1.29, 1.82) is 0 Å². The van der Waals surface area contributed by atoms with Crippen molar-refractivity contribution in [3.8, 4) is 0 Å². The van der Waals surface area contributed by atoms with Crippen LogP contribution in [0.3, 0.4) is 0 Å².